The third-order valence-corrected chi connectivity index (χ3v) is 2.93. The van der Waals surface area contributed by atoms with E-state index in [1.807, 2.05) is 23.9 Å². The van der Waals surface area contributed by atoms with Gasteiger partial charge in [-0.2, -0.15) is 4.98 Å². The Kier molecular flexibility index (Phi) is 3.53. The highest BCUT2D eigenvalue weighted by atomic mass is 16.4. The zero-order chi connectivity index (χ0) is 13.3. The summed E-state index contributed by atoms with van der Waals surface area (Å²) < 4.78 is 5.17. The summed E-state index contributed by atoms with van der Waals surface area (Å²) in [5.74, 6) is -1.12. The zero-order valence-electron chi connectivity index (χ0n) is 10.4. The van der Waals surface area contributed by atoms with Crippen LogP contribution in [-0.2, 0) is 0 Å². The summed E-state index contributed by atoms with van der Waals surface area (Å²) in [7, 11) is 3.89. The Morgan fingerprint density at radius 3 is 2.94 bits per heavy atom. The van der Waals surface area contributed by atoms with Crippen LogP contribution in [-0.4, -0.2) is 65.4 Å². The number of hydrogen-bond donors (Lipinski definition) is 2. The first-order valence-electron chi connectivity index (χ1n) is 5.75. The molecule has 1 saturated heterocycles. The number of carbonyl (C=O) groups is 1. The van der Waals surface area contributed by atoms with E-state index in [-0.39, 0.29) is 17.8 Å². The maximum atomic E-state index is 10.8. The van der Waals surface area contributed by atoms with Gasteiger partial charge in [0.05, 0.1) is 6.10 Å². The Labute approximate surface area is 105 Å². The normalized spacial score (nSPS) is 23.9. The number of rotatable bonds is 4. The summed E-state index contributed by atoms with van der Waals surface area (Å²) in [6.45, 7) is 1.17. The minimum Gasteiger partial charge on any atom is -0.476 e. The molecular weight excluding hydrogens is 238 g/mol. The lowest BCUT2D eigenvalue weighted by atomic mass is 10.2. The maximum absolute atomic E-state index is 10.8. The van der Waals surface area contributed by atoms with Crippen molar-refractivity contribution in [2.75, 3.05) is 32.1 Å². The molecule has 0 spiro atoms. The number of aromatic nitrogens is 1. The monoisotopic (exact) mass is 255 g/mol. The number of aliphatic hydroxyl groups is 1. The van der Waals surface area contributed by atoms with Crippen molar-refractivity contribution in [3.8, 4) is 0 Å². The molecule has 1 aromatic rings. The highest BCUT2D eigenvalue weighted by molar-refractivity contribution is 5.85. The van der Waals surface area contributed by atoms with Gasteiger partial charge in [-0.05, 0) is 20.5 Å². The minimum absolute atomic E-state index is 0.0790. The van der Waals surface area contributed by atoms with Gasteiger partial charge < -0.3 is 24.4 Å². The molecule has 2 rings (SSSR count). The van der Waals surface area contributed by atoms with E-state index >= 15 is 0 Å². The Balaban J connectivity index is 2.16. The number of aliphatic hydroxyl groups excluding tert-OH is 1. The highest BCUT2D eigenvalue weighted by Gasteiger charge is 2.34. The topological polar surface area (TPSA) is 90.0 Å². The minimum atomic E-state index is -1.12. The number of anilines is 1. The summed E-state index contributed by atoms with van der Waals surface area (Å²) in [6.07, 6.45) is 1.31. The number of β-amino-alcohol motifs (C(OH)–C–C–N with tert-alkyl or cyclic N) is 1. The number of likely N-dealkylation sites (N-methyl/N-ethyl adjacent to an activating group) is 1. The van der Waals surface area contributed by atoms with Gasteiger partial charge in [0.1, 0.15) is 6.26 Å². The van der Waals surface area contributed by atoms with E-state index in [4.69, 9.17) is 9.52 Å². The van der Waals surface area contributed by atoms with Crippen LogP contribution in [0.1, 0.15) is 16.9 Å². The standard InChI is InChI=1S/C11H17N3O4/c1-13(2)4-7-3-8(15)5-14(7)11-12-9(6-18-11)10(16)17/h6-8,15H,3-5H2,1-2H3,(H,16,17). The predicted molar refractivity (Wildman–Crippen MR) is 63.8 cm³/mol. The Morgan fingerprint density at radius 1 is 1.67 bits per heavy atom. The van der Waals surface area contributed by atoms with Crippen LogP contribution in [0.2, 0.25) is 0 Å². The number of oxazole rings is 1. The van der Waals surface area contributed by atoms with E-state index in [9.17, 15) is 9.90 Å². The van der Waals surface area contributed by atoms with Crippen LogP contribution < -0.4 is 4.90 Å². The summed E-state index contributed by atoms with van der Waals surface area (Å²) in [6, 6.07) is 0.339. The molecule has 7 nitrogen and oxygen atoms in total. The Bertz CT molecular complexity index is 432. The van der Waals surface area contributed by atoms with Gasteiger partial charge in [-0.15, -0.1) is 0 Å². The second-order valence-corrected chi connectivity index (χ2v) is 4.78. The third kappa shape index (κ3) is 2.62. The van der Waals surface area contributed by atoms with Gasteiger partial charge in [-0.3, -0.25) is 0 Å². The second kappa shape index (κ2) is 4.95. The van der Waals surface area contributed by atoms with E-state index in [2.05, 4.69) is 4.98 Å². The van der Waals surface area contributed by atoms with Crippen LogP contribution in [0.3, 0.4) is 0 Å². The fourth-order valence-electron chi connectivity index (χ4n) is 2.22. The highest BCUT2D eigenvalue weighted by Crippen LogP contribution is 2.25. The van der Waals surface area contributed by atoms with Crippen molar-refractivity contribution in [2.45, 2.75) is 18.6 Å². The van der Waals surface area contributed by atoms with Crippen molar-refractivity contribution in [1.82, 2.24) is 9.88 Å². The molecule has 100 valence electrons. The van der Waals surface area contributed by atoms with Gasteiger partial charge in [-0.25, -0.2) is 4.79 Å². The summed E-state index contributed by atoms with van der Waals surface area (Å²) in [5.41, 5.74) is -0.116. The molecule has 1 aromatic heterocycles. The van der Waals surface area contributed by atoms with Crippen molar-refractivity contribution in [2.24, 2.45) is 0 Å². The lowest BCUT2D eigenvalue weighted by Crippen LogP contribution is -2.37. The molecule has 0 bridgehead atoms. The summed E-state index contributed by atoms with van der Waals surface area (Å²) in [5, 5.41) is 18.5. The third-order valence-electron chi connectivity index (χ3n) is 2.93. The van der Waals surface area contributed by atoms with E-state index in [1.165, 1.54) is 0 Å². The molecule has 0 saturated carbocycles. The summed E-state index contributed by atoms with van der Waals surface area (Å²) >= 11 is 0. The van der Waals surface area contributed by atoms with E-state index in [0.29, 0.717) is 13.0 Å². The van der Waals surface area contributed by atoms with E-state index in [0.717, 1.165) is 12.8 Å². The number of hydrogen-bond acceptors (Lipinski definition) is 6. The summed E-state index contributed by atoms with van der Waals surface area (Å²) in [4.78, 5) is 18.5. The number of aromatic carboxylic acids is 1. The number of carboxylic acid groups (broad SMARTS) is 1. The maximum Gasteiger partial charge on any atom is 0.357 e. The van der Waals surface area contributed by atoms with Gasteiger partial charge in [0.25, 0.3) is 6.01 Å². The molecule has 18 heavy (non-hydrogen) atoms. The molecular formula is C11H17N3O4. The van der Waals surface area contributed by atoms with Gasteiger partial charge in [-0.1, -0.05) is 0 Å². The van der Waals surface area contributed by atoms with Gasteiger partial charge in [0.15, 0.2) is 5.69 Å². The smallest absolute Gasteiger partial charge is 0.357 e. The average molecular weight is 255 g/mol. The van der Waals surface area contributed by atoms with Crippen molar-refractivity contribution < 1.29 is 19.4 Å². The molecule has 2 atom stereocenters. The van der Waals surface area contributed by atoms with Gasteiger partial charge in [0.2, 0.25) is 0 Å². The van der Waals surface area contributed by atoms with Crippen molar-refractivity contribution in [3.05, 3.63) is 12.0 Å². The first kappa shape index (κ1) is 12.8. The molecule has 0 radical (unpaired) electrons. The zero-order valence-corrected chi connectivity index (χ0v) is 10.4. The van der Waals surface area contributed by atoms with E-state index in [1.54, 1.807) is 0 Å². The first-order chi connectivity index (χ1) is 8.47. The van der Waals surface area contributed by atoms with Crippen molar-refractivity contribution >= 4 is 12.0 Å². The van der Waals surface area contributed by atoms with Crippen LogP contribution in [0.15, 0.2) is 10.7 Å². The van der Waals surface area contributed by atoms with Crippen molar-refractivity contribution in [1.29, 1.82) is 0 Å². The van der Waals surface area contributed by atoms with Gasteiger partial charge in [0, 0.05) is 19.1 Å². The second-order valence-electron chi connectivity index (χ2n) is 4.78. The molecule has 2 unspecified atom stereocenters. The van der Waals surface area contributed by atoms with Crippen LogP contribution in [0.5, 0.6) is 0 Å². The Hall–Kier alpha value is -1.60. The van der Waals surface area contributed by atoms with Crippen LogP contribution in [0, 0.1) is 0 Å². The largest absolute Gasteiger partial charge is 0.476 e. The van der Waals surface area contributed by atoms with Crippen molar-refractivity contribution in [3.63, 3.8) is 0 Å². The van der Waals surface area contributed by atoms with Crippen LogP contribution in [0.25, 0.3) is 0 Å². The molecule has 1 aliphatic heterocycles. The predicted octanol–water partition coefficient (Wildman–Crippen LogP) is -0.126. The number of nitrogens with zero attached hydrogens (tertiary/aromatic N) is 3. The molecule has 0 aliphatic carbocycles. The molecule has 0 aromatic carbocycles. The Morgan fingerprint density at radius 2 is 2.39 bits per heavy atom. The quantitative estimate of drug-likeness (QED) is 0.774. The molecule has 0 amide bonds. The molecule has 2 N–H and O–H groups in total. The van der Waals surface area contributed by atoms with E-state index < -0.39 is 12.1 Å². The molecule has 1 aliphatic rings. The first-order valence-corrected chi connectivity index (χ1v) is 5.75. The fourth-order valence-corrected chi connectivity index (χ4v) is 2.22. The van der Waals surface area contributed by atoms with Gasteiger partial charge >= 0.3 is 5.97 Å². The fraction of sp³-hybridized carbons (Fsp3) is 0.636. The molecule has 7 heteroatoms. The van der Waals surface area contributed by atoms with Crippen LogP contribution >= 0.6 is 0 Å². The lowest BCUT2D eigenvalue weighted by Gasteiger charge is -2.25. The van der Waals surface area contributed by atoms with Crippen LogP contribution in [0.4, 0.5) is 6.01 Å². The SMILES string of the molecule is CN(C)CC1CC(O)CN1c1nc(C(=O)O)co1. The number of carboxylic acids is 1. The molecule has 2 heterocycles. The lowest BCUT2D eigenvalue weighted by molar-refractivity contribution is 0.0690. The average Bonchev–Trinajstić information content (AvgIpc) is 2.83. The molecule has 1 fully saturated rings.